The molecular formula is C19H16N4. The monoisotopic (exact) mass is 300 g/mol. The lowest BCUT2D eigenvalue weighted by Crippen LogP contribution is -2.33. The van der Waals surface area contributed by atoms with Gasteiger partial charge >= 0.3 is 0 Å². The summed E-state index contributed by atoms with van der Waals surface area (Å²) >= 11 is 0. The highest BCUT2D eigenvalue weighted by molar-refractivity contribution is 5.51. The van der Waals surface area contributed by atoms with Gasteiger partial charge < -0.3 is 9.97 Å². The van der Waals surface area contributed by atoms with Crippen LogP contribution in [-0.2, 0) is 5.41 Å². The van der Waals surface area contributed by atoms with E-state index in [1.807, 2.05) is 73.3 Å². The smallest absolute Gasteiger partial charge is 0.134 e. The van der Waals surface area contributed by atoms with Crippen molar-refractivity contribution in [3.63, 3.8) is 0 Å². The molecule has 2 N–H and O–H groups in total. The van der Waals surface area contributed by atoms with Gasteiger partial charge in [0.1, 0.15) is 5.41 Å². The Balaban J connectivity index is 2.11. The number of rotatable bonds is 4. The molecule has 0 aromatic carbocycles. The number of aromatic nitrogens is 4. The Hall–Kier alpha value is -3.14. The van der Waals surface area contributed by atoms with Gasteiger partial charge in [0.05, 0.1) is 11.4 Å². The Morgan fingerprint density at radius 3 is 1.48 bits per heavy atom. The number of nitrogens with one attached hydrogen (secondary N) is 2. The molecule has 112 valence electrons. The number of H-pyrrole nitrogens is 2. The van der Waals surface area contributed by atoms with E-state index in [1.54, 1.807) is 0 Å². The highest BCUT2D eigenvalue weighted by Crippen LogP contribution is 2.41. The molecule has 4 rings (SSSR count). The molecule has 0 saturated heterocycles. The predicted molar refractivity (Wildman–Crippen MR) is 89.0 cm³/mol. The fourth-order valence-corrected chi connectivity index (χ4v) is 3.12. The molecule has 4 nitrogen and oxygen atoms in total. The van der Waals surface area contributed by atoms with E-state index in [-0.39, 0.29) is 0 Å². The van der Waals surface area contributed by atoms with Crippen molar-refractivity contribution < 1.29 is 0 Å². The van der Waals surface area contributed by atoms with Crippen LogP contribution >= 0.6 is 0 Å². The van der Waals surface area contributed by atoms with Crippen molar-refractivity contribution in [1.29, 1.82) is 0 Å². The van der Waals surface area contributed by atoms with Gasteiger partial charge in [-0.05, 0) is 48.5 Å². The maximum absolute atomic E-state index is 4.66. The molecule has 0 aliphatic rings. The molecule has 0 amide bonds. The molecule has 0 unspecified atom stereocenters. The highest BCUT2D eigenvalue weighted by Gasteiger charge is 2.42. The minimum atomic E-state index is -0.602. The summed E-state index contributed by atoms with van der Waals surface area (Å²) in [5.41, 5.74) is 3.29. The summed E-state index contributed by atoms with van der Waals surface area (Å²) < 4.78 is 0. The van der Waals surface area contributed by atoms with Crippen LogP contribution in [0.25, 0.3) is 0 Å². The molecule has 4 aromatic heterocycles. The van der Waals surface area contributed by atoms with Crippen LogP contribution in [0.15, 0.2) is 85.5 Å². The molecule has 0 atom stereocenters. The van der Waals surface area contributed by atoms with Crippen LogP contribution in [0, 0.1) is 0 Å². The number of aromatic amines is 2. The highest BCUT2D eigenvalue weighted by atomic mass is 14.9. The van der Waals surface area contributed by atoms with E-state index in [9.17, 15) is 0 Å². The van der Waals surface area contributed by atoms with E-state index >= 15 is 0 Å². The minimum Gasteiger partial charge on any atom is -0.364 e. The first-order valence-electron chi connectivity index (χ1n) is 7.53. The van der Waals surface area contributed by atoms with Crippen LogP contribution in [0.1, 0.15) is 22.8 Å². The van der Waals surface area contributed by atoms with Crippen LogP contribution in [0.3, 0.4) is 0 Å². The van der Waals surface area contributed by atoms with Gasteiger partial charge in [-0.1, -0.05) is 12.1 Å². The number of hydrogen-bond acceptors (Lipinski definition) is 2. The maximum Gasteiger partial charge on any atom is 0.134 e. The zero-order valence-corrected chi connectivity index (χ0v) is 12.5. The van der Waals surface area contributed by atoms with Crippen molar-refractivity contribution in [2.45, 2.75) is 5.41 Å². The Kier molecular flexibility index (Phi) is 3.27. The van der Waals surface area contributed by atoms with Gasteiger partial charge in [-0.15, -0.1) is 0 Å². The van der Waals surface area contributed by atoms with Crippen LogP contribution in [0.5, 0.6) is 0 Å². The molecule has 0 radical (unpaired) electrons. The van der Waals surface area contributed by atoms with Gasteiger partial charge in [-0.25, -0.2) is 0 Å². The number of nitrogens with zero attached hydrogens (tertiary/aromatic N) is 2. The van der Waals surface area contributed by atoms with Crippen molar-refractivity contribution in [3.8, 4) is 0 Å². The Labute approximate surface area is 134 Å². The zero-order valence-electron chi connectivity index (χ0n) is 12.5. The molecule has 0 aliphatic carbocycles. The van der Waals surface area contributed by atoms with Gasteiger partial charge in [0.2, 0.25) is 0 Å². The van der Waals surface area contributed by atoms with Crippen molar-refractivity contribution in [1.82, 2.24) is 19.9 Å². The van der Waals surface area contributed by atoms with Crippen LogP contribution < -0.4 is 0 Å². The second-order valence-electron chi connectivity index (χ2n) is 5.35. The molecule has 0 saturated carbocycles. The third kappa shape index (κ3) is 2.07. The molecular weight excluding hydrogens is 284 g/mol. The Morgan fingerprint density at radius 2 is 1.13 bits per heavy atom. The van der Waals surface area contributed by atoms with E-state index in [4.69, 9.17) is 0 Å². The molecule has 0 spiro atoms. The molecule has 0 bridgehead atoms. The lowest BCUT2D eigenvalue weighted by atomic mass is 9.74. The first-order chi connectivity index (χ1) is 11.4. The van der Waals surface area contributed by atoms with Gasteiger partial charge in [-0.3, -0.25) is 9.97 Å². The molecule has 4 aromatic rings. The van der Waals surface area contributed by atoms with Gasteiger partial charge in [-0.2, -0.15) is 0 Å². The third-order valence-electron chi connectivity index (χ3n) is 4.10. The second-order valence-corrected chi connectivity index (χ2v) is 5.35. The maximum atomic E-state index is 4.66. The van der Waals surface area contributed by atoms with E-state index in [0.29, 0.717) is 0 Å². The lowest BCUT2D eigenvalue weighted by molar-refractivity contribution is 0.650. The van der Waals surface area contributed by atoms with Crippen molar-refractivity contribution in [3.05, 3.63) is 108 Å². The van der Waals surface area contributed by atoms with Crippen molar-refractivity contribution in [2.24, 2.45) is 0 Å². The average Bonchev–Trinajstić information content (AvgIpc) is 3.32. The number of pyridine rings is 2. The summed E-state index contributed by atoms with van der Waals surface area (Å²) in [7, 11) is 0. The quantitative estimate of drug-likeness (QED) is 0.606. The average molecular weight is 300 g/mol. The standard InChI is InChI=1S/C19H16N4/c1-3-11-20-15(7-1)19(17-9-5-13-22-17,18-10-6-14-23-18)16-8-2-4-12-21-16/h1-14,22-23H. The predicted octanol–water partition coefficient (Wildman–Crippen LogP) is 3.52. The number of hydrogen-bond donors (Lipinski definition) is 2. The van der Waals surface area contributed by atoms with Crippen LogP contribution in [0.2, 0.25) is 0 Å². The molecule has 23 heavy (non-hydrogen) atoms. The van der Waals surface area contributed by atoms with Gasteiger partial charge in [0.15, 0.2) is 0 Å². The molecule has 0 aliphatic heterocycles. The first-order valence-corrected chi connectivity index (χ1v) is 7.53. The van der Waals surface area contributed by atoms with Gasteiger partial charge in [0.25, 0.3) is 0 Å². The first kappa shape index (κ1) is 13.5. The fraction of sp³-hybridized carbons (Fsp3) is 0.0526. The van der Waals surface area contributed by atoms with E-state index in [1.165, 1.54) is 0 Å². The third-order valence-corrected chi connectivity index (χ3v) is 4.10. The van der Waals surface area contributed by atoms with E-state index in [0.717, 1.165) is 22.8 Å². The second kappa shape index (κ2) is 5.57. The van der Waals surface area contributed by atoms with Gasteiger partial charge in [0, 0.05) is 36.2 Å². The summed E-state index contributed by atoms with van der Waals surface area (Å²) in [6, 6.07) is 20.1. The van der Waals surface area contributed by atoms with E-state index < -0.39 is 5.41 Å². The summed E-state index contributed by atoms with van der Waals surface area (Å²) in [6.45, 7) is 0. The molecule has 4 heteroatoms. The van der Waals surface area contributed by atoms with Crippen molar-refractivity contribution >= 4 is 0 Å². The summed E-state index contributed by atoms with van der Waals surface area (Å²) in [5.74, 6) is 0. The summed E-state index contributed by atoms with van der Waals surface area (Å²) in [5, 5.41) is 0. The van der Waals surface area contributed by atoms with Crippen LogP contribution in [-0.4, -0.2) is 19.9 Å². The fourth-order valence-electron chi connectivity index (χ4n) is 3.12. The Bertz CT molecular complexity index is 775. The summed E-state index contributed by atoms with van der Waals surface area (Å²) in [4.78, 5) is 16.0. The largest absolute Gasteiger partial charge is 0.364 e. The molecule has 4 heterocycles. The zero-order chi connectivity index (χ0) is 15.5. The minimum absolute atomic E-state index is 0.602. The summed E-state index contributed by atoms with van der Waals surface area (Å²) in [6.07, 6.45) is 7.50. The topological polar surface area (TPSA) is 57.4 Å². The SMILES string of the molecule is c1ccc(C(c2ccccn2)(c2ccc[nH]2)c2ccc[nH]2)nc1. The molecule has 0 fully saturated rings. The van der Waals surface area contributed by atoms with Crippen LogP contribution in [0.4, 0.5) is 0 Å². The normalized spacial score (nSPS) is 11.5. The lowest BCUT2D eigenvalue weighted by Gasteiger charge is -2.31. The Morgan fingerprint density at radius 1 is 0.609 bits per heavy atom. The van der Waals surface area contributed by atoms with Crippen molar-refractivity contribution in [2.75, 3.05) is 0 Å². The van der Waals surface area contributed by atoms with E-state index in [2.05, 4.69) is 32.1 Å².